The monoisotopic (exact) mass is 410 g/mol. The lowest BCUT2D eigenvalue weighted by atomic mass is 9.80. The van der Waals surface area contributed by atoms with Gasteiger partial charge in [0.15, 0.2) is 0 Å². The van der Waals surface area contributed by atoms with E-state index in [1.165, 1.54) is 21.0 Å². The zero-order valence-corrected chi connectivity index (χ0v) is 17.1. The van der Waals surface area contributed by atoms with Gasteiger partial charge in [-0.2, -0.15) is 0 Å². The van der Waals surface area contributed by atoms with Crippen LogP contribution >= 0.6 is 12.4 Å². The minimum absolute atomic E-state index is 0. The summed E-state index contributed by atoms with van der Waals surface area (Å²) in [5.41, 5.74) is -0.329. The molecule has 26 heavy (non-hydrogen) atoms. The number of nitrogens with one attached hydrogen (secondary N) is 2. The van der Waals surface area contributed by atoms with Gasteiger partial charge in [-0.3, -0.25) is 0 Å². The van der Waals surface area contributed by atoms with Crippen LogP contribution in [-0.2, 0) is 19.5 Å². The summed E-state index contributed by atoms with van der Waals surface area (Å²) in [6.07, 6.45) is 1.60. The Morgan fingerprint density at radius 1 is 1.23 bits per heavy atom. The second-order valence-electron chi connectivity index (χ2n) is 6.42. The number of sulfonamides is 1. The Morgan fingerprint density at radius 2 is 1.85 bits per heavy atom. The van der Waals surface area contributed by atoms with Crippen LogP contribution in [0.1, 0.15) is 34.7 Å². The molecule has 1 aromatic heterocycles. The van der Waals surface area contributed by atoms with E-state index in [0.29, 0.717) is 6.61 Å². The summed E-state index contributed by atoms with van der Waals surface area (Å²) < 4.78 is 43.7. The molecule has 0 spiro atoms. The second kappa shape index (κ2) is 9.18. The molecule has 8 nitrogen and oxygen atoms in total. The van der Waals surface area contributed by atoms with Crippen LogP contribution in [0.5, 0.6) is 0 Å². The van der Waals surface area contributed by atoms with Crippen LogP contribution in [0.2, 0.25) is 0 Å². The fourth-order valence-corrected chi connectivity index (χ4v) is 4.84. The maximum absolute atomic E-state index is 12.9. The number of esters is 1. The average molecular weight is 411 g/mol. The second-order valence-corrected chi connectivity index (χ2v) is 8.12. The Balaban J connectivity index is 0.00000338. The third kappa shape index (κ3) is 4.77. The van der Waals surface area contributed by atoms with E-state index in [-0.39, 0.29) is 46.3 Å². The highest BCUT2D eigenvalue weighted by atomic mass is 35.5. The third-order valence-corrected chi connectivity index (χ3v) is 6.17. The lowest BCUT2D eigenvalue weighted by Gasteiger charge is -2.37. The molecule has 2 N–H and O–H groups in total. The van der Waals surface area contributed by atoms with Gasteiger partial charge in [0.1, 0.15) is 22.0 Å². The minimum Gasteiger partial charge on any atom is -0.465 e. The standard InChI is InChI=1S/C16H26N2O6S.ClH/c1-11-13(15(19)23-4)14(12(2)24-11)25(20,21)18-9-16(10-22-3)5-7-17-8-6-16;/h17-18H,5-10H2,1-4H3;1H. The predicted molar refractivity (Wildman–Crippen MR) is 98.4 cm³/mol. The molecule has 2 heterocycles. The number of carbonyl (C=O) groups is 1. The summed E-state index contributed by atoms with van der Waals surface area (Å²) in [7, 11) is -1.12. The fraction of sp³-hybridized carbons (Fsp3) is 0.688. The van der Waals surface area contributed by atoms with Crippen LogP contribution in [0.4, 0.5) is 0 Å². The summed E-state index contributed by atoms with van der Waals surface area (Å²) in [5.74, 6) is -0.349. The molecule has 1 aromatic rings. The Kier molecular flexibility index (Phi) is 8.09. The van der Waals surface area contributed by atoms with Crippen molar-refractivity contribution in [3.8, 4) is 0 Å². The summed E-state index contributed by atoms with van der Waals surface area (Å²) >= 11 is 0. The smallest absolute Gasteiger partial charge is 0.342 e. The van der Waals surface area contributed by atoms with Crippen molar-refractivity contribution in [3.63, 3.8) is 0 Å². The van der Waals surface area contributed by atoms with E-state index in [2.05, 4.69) is 10.0 Å². The van der Waals surface area contributed by atoms with Crippen molar-refractivity contribution in [2.24, 2.45) is 5.41 Å². The van der Waals surface area contributed by atoms with Gasteiger partial charge in [-0.25, -0.2) is 17.9 Å². The zero-order chi connectivity index (χ0) is 18.7. The Bertz CT molecular complexity index is 720. The van der Waals surface area contributed by atoms with E-state index in [4.69, 9.17) is 13.9 Å². The van der Waals surface area contributed by atoms with Crippen molar-refractivity contribution >= 4 is 28.4 Å². The van der Waals surface area contributed by atoms with Crippen LogP contribution in [0.25, 0.3) is 0 Å². The number of halogens is 1. The molecule has 0 amide bonds. The lowest BCUT2D eigenvalue weighted by molar-refractivity contribution is 0.0576. The molecule has 1 fully saturated rings. The molecule has 150 valence electrons. The maximum atomic E-state index is 12.9. The van der Waals surface area contributed by atoms with Gasteiger partial charge in [0.25, 0.3) is 0 Å². The van der Waals surface area contributed by atoms with Gasteiger partial charge in [-0.1, -0.05) is 0 Å². The van der Waals surface area contributed by atoms with Crippen LogP contribution in [0, 0.1) is 19.3 Å². The number of furan rings is 1. The van der Waals surface area contributed by atoms with Gasteiger partial charge < -0.3 is 19.2 Å². The highest BCUT2D eigenvalue weighted by molar-refractivity contribution is 7.89. The molecule has 1 saturated heterocycles. The van der Waals surface area contributed by atoms with Gasteiger partial charge in [0, 0.05) is 19.1 Å². The molecule has 0 aliphatic carbocycles. The first-order valence-corrected chi connectivity index (χ1v) is 9.62. The summed E-state index contributed by atoms with van der Waals surface area (Å²) in [6, 6.07) is 0. The molecule has 0 bridgehead atoms. The average Bonchev–Trinajstić information content (AvgIpc) is 2.88. The molecule has 0 unspecified atom stereocenters. The number of piperidine rings is 1. The van der Waals surface area contributed by atoms with E-state index in [9.17, 15) is 13.2 Å². The van der Waals surface area contributed by atoms with Crippen molar-refractivity contribution in [2.45, 2.75) is 31.6 Å². The highest BCUT2D eigenvalue weighted by Gasteiger charge is 2.36. The molecule has 0 radical (unpaired) electrons. The SMILES string of the molecule is COCC1(CNS(=O)(=O)c2c(C)oc(C)c2C(=O)OC)CCNCC1.Cl. The highest BCUT2D eigenvalue weighted by Crippen LogP contribution is 2.31. The molecule has 0 aromatic carbocycles. The van der Waals surface area contributed by atoms with Gasteiger partial charge in [-0.15, -0.1) is 12.4 Å². The number of rotatable bonds is 7. The molecule has 0 atom stereocenters. The fourth-order valence-electron chi connectivity index (χ4n) is 3.28. The van der Waals surface area contributed by atoms with E-state index in [1.54, 1.807) is 7.11 Å². The quantitative estimate of drug-likeness (QED) is 0.654. The topological polar surface area (TPSA) is 107 Å². The molecule has 1 aliphatic rings. The minimum atomic E-state index is -3.93. The van der Waals surface area contributed by atoms with Crippen LogP contribution in [-0.4, -0.2) is 54.8 Å². The Morgan fingerprint density at radius 3 is 2.38 bits per heavy atom. The summed E-state index contributed by atoms with van der Waals surface area (Å²) in [5, 5.41) is 3.26. The normalized spacial score (nSPS) is 16.8. The first-order chi connectivity index (χ1) is 11.8. The van der Waals surface area contributed by atoms with Crippen molar-refractivity contribution in [1.29, 1.82) is 0 Å². The number of ether oxygens (including phenoxy) is 2. The van der Waals surface area contributed by atoms with E-state index in [1.807, 2.05) is 0 Å². The number of hydrogen-bond donors (Lipinski definition) is 2. The number of methoxy groups -OCH3 is 2. The first kappa shape index (κ1) is 22.9. The van der Waals surface area contributed by atoms with Crippen molar-refractivity contribution in [3.05, 3.63) is 17.1 Å². The first-order valence-electron chi connectivity index (χ1n) is 8.14. The third-order valence-electron chi connectivity index (χ3n) is 4.62. The van der Waals surface area contributed by atoms with Crippen LogP contribution in [0.3, 0.4) is 0 Å². The molecule has 0 saturated carbocycles. The van der Waals surface area contributed by atoms with Crippen molar-refractivity contribution < 1.29 is 27.1 Å². The Hall–Kier alpha value is -1.13. The van der Waals surface area contributed by atoms with Crippen LogP contribution < -0.4 is 10.0 Å². The van der Waals surface area contributed by atoms with Crippen molar-refractivity contribution in [2.75, 3.05) is 40.5 Å². The van der Waals surface area contributed by atoms with Crippen molar-refractivity contribution in [1.82, 2.24) is 10.0 Å². The van der Waals surface area contributed by atoms with Gasteiger partial charge >= 0.3 is 5.97 Å². The van der Waals surface area contributed by atoms with Gasteiger partial charge in [0.05, 0.1) is 13.7 Å². The molecular formula is C16H27ClN2O6S. The van der Waals surface area contributed by atoms with E-state index >= 15 is 0 Å². The lowest BCUT2D eigenvalue weighted by Crippen LogP contribution is -2.47. The maximum Gasteiger partial charge on any atom is 0.342 e. The van der Waals surface area contributed by atoms with Crippen LogP contribution in [0.15, 0.2) is 9.31 Å². The predicted octanol–water partition coefficient (Wildman–Crippen LogP) is 1.40. The summed E-state index contributed by atoms with van der Waals surface area (Å²) in [6.45, 7) is 5.37. The number of aryl methyl sites for hydroxylation is 2. The molecule has 1 aliphatic heterocycles. The van der Waals surface area contributed by atoms with Gasteiger partial charge in [-0.05, 0) is 39.8 Å². The zero-order valence-electron chi connectivity index (χ0n) is 15.5. The summed E-state index contributed by atoms with van der Waals surface area (Å²) in [4.78, 5) is 11.8. The molecule has 2 rings (SSSR count). The van der Waals surface area contributed by atoms with E-state index < -0.39 is 16.0 Å². The number of carbonyl (C=O) groups excluding carboxylic acids is 1. The number of hydrogen-bond acceptors (Lipinski definition) is 7. The largest absolute Gasteiger partial charge is 0.465 e. The van der Waals surface area contributed by atoms with Gasteiger partial charge in [0.2, 0.25) is 10.0 Å². The molecule has 10 heteroatoms. The van der Waals surface area contributed by atoms with E-state index in [0.717, 1.165) is 25.9 Å². The molecular weight excluding hydrogens is 384 g/mol. The Labute approximate surface area is 160 Å².